The first kappa shape index (κ1) is 10.6. The van der Waals surface area contributed by atoms with Crippen molar-refractivity contribution < 1.29 is 9.50 Å². The van der Waals surface area contributed by atoms with Crippen LogP contribution in [0.3, 0.4) is 0 Å². The van der Waals surface area contributed by atoms with Gasteiger partial charge in [0.05, 0.1) is 6.10 Å². The van der Waals surface area contributed by atoms with E-state index >= 15 is 0 Å². The van der Waals surface area contributed by atoms with E-state index in [0.29, 0.717) is 5.92 Å². The SMILES string of the molecule is Cc1cc(C2CCC(O)CC2)ccc1F. The third-order valence-corrected chi connectivity index (χ3v) is 3.35. The van der Waals surface area contributed by atoms with E-state index in [-0.39, 0.29) is 11.9 Å². The van der Waals surface area contributed by atoms with Crippen LogP contribution in [0, 0.1) is 12.7 Å². The van der Waals surface area contributed by atoms with Crippen molar-refractivity contribution in [3.8, 4) is 0 Å². The zero-order valence-electron chi connectivity index (χ0n) is 9.04. The maximum atomic E-state index is 13.1. The Bertz CT molecular complexity index is 340. The summed E-state index contributed by atoms with van der Waals surface area (Å²) < 4.78 is 13.1. The van der Waals surface area contributed by atoms with E-state index in [1.54, 1.807) is 13.0 Å². The van der Waals surface area contributed by atoms with Gasteiger partial charge in [-0.25, -0.2) is 4.39 Å². The molecule has 0 atom stereocenters. The van der Waals surface area contributed by atoms with E-state index in [1.807, 2.05) is 12.1 Å². The van der Waals surface area contributed by atoms with Crippen molar-refractivity contribution in [2.24, 2.45) is 0 Å². The molecule has 0 unspecified atom stereocenters. The third kappa shape index (κ3) is 2.37. The monoisotopic (exact) mass is 208 g/mol. The van der Waals surface area contributed by atoms with Gasteiger partial charge >= 0.3 is 0 Å². The quantitative estimate of drug-likeness (QED) is 0.751. The molecule has 1 aliphatic carbocycles. The Hall–Kier alpha value is -0.890. The number of hydrogen-bond acceptors (Lipinski definition) is 1. The van der Waals surface area contributed by atoms with Crippen LogP contribution < -0.4 is 0 Å². The van der Waals surface area contributed by atoms with Crippen LogP contribution in [0.25, 0.3) is 0 Å². The lowest BCUT2D eigenvalue weighted by Gasteiger charge is -2.25. The van der Waals surface area contributed by atoms with Gasteiger partial charge in [-0.05, 0) is 55.7 Å². The first-order chi connectivity index (χ1) is 7.16. The highest BCUT2D eigenvalue weighted by molar-refractivity contribution is 5.27. The minimum Gasteiger partial charge on any atom is -0.393 e. The molecule has 0 spiro atoms. The summed E-state index contributed by atoms with van der Waals surface area (Å²) in [6.45, 7) is 1.80. The zero-order valence-corrected chi connectivity index (χ0v) is 9.04. The molecule has 0 aromatic heterocycles. The average Bonchev–Trinajstić information content (AvgIpc) is 2.23. The van der Waals surface area contributed by atoms with Gasteiger partial charge in [-0.3, -0.25) is 0 Å². The Kier molecular flexibility index (Phi) is 3.06. The lowest BCUT2D eigenvalue weighted by molar-refractivity contribution is 0.122. The third-order valence-electron chi connectivity index (χ3n) is 3.35. The van der Waals surface area contributed by atoms with E-state index in [1.165, 1.54) is 5.56 Å². The summed E-state index contributed by atoms with van der Waals surface area (Å²) in [6.07, 6.45) is 3.67. The lowest BCUT2D eigenvalue weighted by atomic mass is 9.82. The van der Waals surface area contributed by atoms with Gasteiger partial charge < -0.3 is 5.11 Å². The van der Waals surface area contributed by atoms with Crippen LogP contribution >= 0.6 is 0 Å². The normalized spacial score (nSPS) is 26.6. The highest BCUT2D eigenvalue weighted by atomic mass is 19.1. The molecule has 0 bridgehead atoms. The lowest BCUT2D eigenvalue weighted by Crippen LogP contribution is -2.17. The smallest absolute Gasteiger partial charge is 0.126 e. The van der Waals surface area contributed by atoms with Gasteiger partial charge in [-0.15, -0.1) is 0 Å². The Labute approximate surface area is 89.9 Å². The van der Waals surface area contributed by atoms with Gasteiger partial charge in [0.15, 0.2) is 0 Å². The van der Waals surface area contributed by atoms with E-state index in [9.17, 15) is 9.50 Å². The standard InChI is InChI=1S/C13H17FO/c1-9-8-11(4-7-13(9)14)10-2-5-12(15)6-3-10/h4,7-8,10,12,15H,2-3,5-6H2,1H3. The summed E-state index contributed by atoms with van der Waals surface area (Å²) in [5, 5.41) is 9.41. The molecular weight excluding hydrogens is 191 g/mol. The van der Waals surface area contributed by atoms with Crippen molar-refractivity contribution in [2.75, 3.05) is 0 Å². The molecule has 1 saturated carbocycles. The van der Waals surface area contributed by atoms with E-state index in [4.69, 9.17) is 0 Å². The molecule has 0 radical (unpaired) electrons. The topological polar surface area (TPSA) is 20.2 Å². The number of aliphatic hydroxyl groups excluding tert-OH is 1. The molecule has 2 heteroatoms. The molecule has 2 rings (SSSR count). The fourth-order valence-corrected chi connectivity index (χ4v) is 2.33. The van der Waals surface area contributed by atoms with Gasteiger partial charge in [0.25, 0.3) is 0 Å². The minimum absolute atomic E-state index is 0.122. The molecule has 0 saturated heterocycles. The second-order valence-corrected chi connectivity index (χ2v) is 4.51. The summed E-state index contributed by atoms with van der Waals surface area (Å²) in [5.74, 6) is 0.377. The molecular formula is C13H17FO. The average molecular weight is 208 g/mol. The number of rotatable bonds is 1. The van der Waals surface area contributed by atoms with Crippen LogP contribution in [0.4, 0.5) is 4.39 Å². The van der Waals surface area contributed by atoms with Crippen molar-refractivity contribution in [3.63, 3.8) is 0 Å². The number of aliphatic hydroxyl groups is 1. The van der Waals surface area contributed by atoms with Crippen molar-refractivity contribution in [2.45, 2.75) is 44.6 Å². The second kappa shape index (κ2) is 4.31. The van der Waals surface area contributed by atoms with Crippen LogP contribution in [0.2, 0.25) is 0 Å². The Morgan fingerprint density at radius 3 is 2.47 bits per heavy atom. The largest absolute Gasteiger partial charge is 0.393 e. The van der Waals surface area contributed by atoms with Crippen molar-refractivity contribution in [3.05, 3.63) is 35.1 Å². The summed E-state index contributed by atoms with van der Waals surface area (Å²) in [4.78, 5) is 0. The number of aryl methyl sites for hydroxylation is 1. The fraction of sp³-hybridized carbons (Fsp3) is 0.538. The molecule has 0 aliphatic heterocycles. The van der Waals surface area contributed by atoms with Gasteiger partial charge in [0.2, 0.25) is 0 Å². The highest BCUT2D eigenvalue weighted by Gasteiger charge is 2.20. The van der Waals surface area contributed by atoms with Gasteiger partial charge in [0.1, 0.15) is 5.82 Å². The molecule has 1 N–H and O–H groups in total. The predicted molar refractivity (Wildman–Crippen MR) is 58.4 cm³/mol. The predicted octanol–water partition coefficient (Wildman–Crippen LogP) is 3.15. The van der Waals surface area contributed by atoms with E-state index in [0.717, 1.165) is 31.2 Å². The number of halogens is 1. The first-order valence-corrected chi connectivity index (χ1v) is 5.61. The molecule has 1 nitrogen and oxygen atoms in total. The van der Waals surface area contributed by atoms with E-state index < -0.39 is 0 Å². The number of benzene rings is 1. The summed E-state index contributed by atoms with van der Waals surface area (Å²) >= 11 is 0. The van der Waals surface area contributed by atoms with Crippen molar-refractivity contribution in [1.29, 1.82) is 0 Å². The van der Waals surface area contributed by atoms with Crippen molar-refractivity contribution in [1.82, 2.24) is 0 Å². The fourth-order valence-electron chi connectivity index (χ4n) is 2.33. The van der Waals surface area contributed by atoms with Crippen molar-refractivity contribution >= 4 is 0 Å². The Morgan fingerprint density at radius 2 is 1.87 bits per heavy atom. The summed E-state index contributed by atoms with van der Waals surface area (Å²) in [6, 6.07) is 5.37. The summed E-state index contributed by atoms with van der Waals surface area (Å²) in [5.41, 5.74) is 1.94. The number of hydrogen-bond donors (Lipinski definition) is 1. The maximum absolute atomic E-state index is 13.1. The highest BCUT2D eigenvalue weighted by Crippen LogP contribution is 2.33. The molecule has 1 aromatic rings. The van der Waals surface area contributed by atoms with Crippen LogP contribution in [-0.2, 0) is 0 Å². The van der Waals surface area contributed by atoms with Crippen LogP contribution in [0.15, 0.2) is 18.2 Å². The Morgan fingerprint density at radius 1 is 1.20 bits per heavy atom. The minimum atomic E-state index is -0.130. The molecule has 82 valence electrons. The molecule has 0 heterocycles. The molecule has 1 aliphatic rings. The van der Waals surface area contributed by atoms with Crippen LogP contribution in [0.5, 0.6) is 0 Å². The van der Waals surface area contributed by atoms with Gasteiger partial charge in [-0.1, -0.05) is 12.1 Å². The van der Waals surface area contributed by atoms with Gasteiger partial charge in [-0.2, -0.15) is 0 Å². The van der Waals surface area contributed by atoms with Gasteiger partial charge in [0, 0.05) is 0 Å². The zero-order chi connectivity index (χ0) is 10.8. The summed E-state index contributed by atoms with van der Waals surface area (Å²) in [7, 11) is 0. The van der Waals surface area contributed by atoms with Crippen LogP contribution in [0.1, 0.15) is 42.7 Å². The maximum Gasteiger partial charge on any atom is 0.126 e. The Balaban J connectivity index is 2.12. The van der Waals surface area contributed by atoms with E-state index in [2.05, 4.69) is 0 Å². The molecule has 0 amide bonds. The molecule has 1 fully saturated rings. The first-order valence-electron chi connectivity index (χ1n) is 5.61. The molecule has 15 heavy (non-hydrogen) atoms. The van der Waals surface area contributed by atoms with Crippen LogP contribution in [-0.4, -0.2) is 11.2 Å². The second-order valence-electron chi connectivity index (χ2n) is 4.51. The molecule has 1 aromatic carbocycles.